The number of aromatic nitrogens is 2. The zero-order valence-corrected chi connectivity index (χ0v) is 17.5. The average molecular weight is 458 g/mol. The molecule has 1 aromatic heterocycles. The lowest BCUT2D eigenvalue weighted by Crippen LogP contribution is -2.20. The van der Waals surface area contributed by atoms with Crippen LogP contribution in [-0.2, 0) is 6.54 Å². The van der Waals surface area contributed by atoms with Gasteiger partial charge in [0.2, 0.25) is 0 Å². The average Bonchev–Trinajstić information content (AvgIpc) is 3.07. The summed E-state index contributed by atoms with van der Waals surface area (Å²) in [4.78, 5) is 12.4. The van der Waals surface area contributed by atoms with Crippen molar-refractivity contribution in [3.8, 4) is 0 Å². The Morgan fingerprint density at radius 3 is 2.64 bits per heavy atom. The van der Waals surface area contributed by atoms with Crippen molar-refractivity contribution < 1.29 is 4.79 Å². The molecule has 1 N–H and O–H groups in total. The molecule has 0 bridgehead atoms. The maximum Gasteiger partial charge on any atom is 0.293 e. The number of carbonyl (C=O) groups excluding carboxylic acids is 1. The van der Waals surface area contributed by atoms with E-state index < -0.39 is 0 Å². The fourth-order valence-corrected chi connectivity index (χ4v) is 3.04. The molecule has 1 heterocycles. The molecule has 3 rings (SSSR count). The highest BCUT2D eigenvalue weighted by atomic mass is 79.9. The molecule has 0 aliphatic heterocycles. The van der Waals surface area contributed by atoms with Crippen molar-refractivity contribution in [3.05, 3.63) is 93.2 Å². The van der Waals surface area contributed by atoms with Crippen molar-refractivity contribution >= 4 is 45.2 Å². The Morgan fingerprint density at radius 2 is 1.93 bits per heavy atom. The zero-order chi connectivity index (χ0) is 19.9. The van der Waals surface area contributed by atoms with Gasteiger partial charge in [0, 0.05) is 11.2 Å². The standard InChI is InChI=1S/C21H18BrClN4O/c1-15(7-8-16-5-3-2-4-6-16)24-25-21(28)20-19(22)14-27(26-20)13-17-9-11-18(23)12-10-17/h2-12,14H,13H2,1H3,(H,25,28)/b8-7+,24-15-. The maximum absolute atomic E-state index is 12.4. The van der Waals surface area contributed by atoms with E-state index in [1.165, 1.54) is 0 Å². The third kappa shape index (κ3) is 5.65. The Bertz CT molecular complexity index is 1010. The van der Waals surface area contributed by atoms with E-state index in [0.717, 1.165) is 11.1 Å². The summed E-state index contributed by atoms with van der Waals surface area (Å²) in [5.74, 6) is -0.380. The lowest BCUT2D eigenvalue weighted by molar-refractivity contribution is 0.0948. The summed E-state index contributed by atoms with van der Waals surface area (Å²) < 4.78 is 2.29. The molecule has 0 saturated heterocycles. The highest BCUT2D eigenvalue weighted by Crippen LogP contribution is 2.17. The van der Waals surface area contributed by atoms with Gasteiger partial charge in [-0.1, -0.05) is 60.1 Å². The Kier molecular flexibility index (Phi) is 6.79. The molecular formula is C21H18BrClN4O. The predicted octanol–water partition coefficient (Wildman–Crippen LogP) is 5.17. The quantitative estimate of drug-likeness (QED) is 0.410. The third-order valence-electron chi connectivity index (χ3n) is 3.84. The summed E-state index contributed by atoms with van der Waals surface area (Å²) in [6.07, 6.45) is 5.53. The fourth-order valence-electron chi connectivity index (χ4n) is 2.42. The molecular weight excluding hydrogens is 440 g/mol. The first-order chi connectivity index (χ1) is 13.5. The molecule has 0 atom stereocenters. The smallest absolute Gasteiger partial charge is 0.266 e. The molecule has 1 amide bonds. The number of rotatable bonds is 6. The van der Waals surface area contributed by atoms with Crippen LogP contribution in [0.15, 0.2) is 76.4 Å². The monoisotopic (exact) mass is 456 g/mol. The SMILES string of the molecule is CC(/C=C/c1ccccc1)=N/NC(=O)c1nn(Cc2ccc(Cl)cc2)cc1Br. The number of benzene rings is 2. The molecule has 0 unspecified atom stereocenters. The van der Waals surface area contributed by atoms with E-state index in [4.69, 9.17) is 11.6 Å². The molecule has 0 aliphatic carbocycles. The third-order valence-corrected chi connectivity index (χ3v) is 4.67. The van der Waals surface area contributed by atoms with Crippen LogP contribution in [-0.4, -0.2) is 21.4 Å². The number of allylic oxidation sites excluding steroid dienone is 1. The van der Waals surface area contributed by atoms with Gasteiger partial charge in [-0.3, -0.25) is 9.48 Å². The van der Waals surface area contributed by atoms with Crippen molar-refractivity contribution in [1.82, 2.24) is 15.2 Å². The predicted molar refractivity (Wildman–Crippen MR) is 117 cm³/mol. The van der Waals surface area contributed by atoms with Gasteiger partial charge in [0.15, 0.2) is 5.69 Å². The van der Waals surface area contributed by atoms with E-state index in [0.29, 0.717) is 21.8 Å². The number of carbonyl (C=O) groups is 1. The normalized spacial score (nSPS) is 11.8. The van der Waals surface area contributed by atoms with Crippen molar-refractivity contribution in [2.45, 2.75) is 13.5 Å². The summed E-state index contributed by atoms with van der Waals surface area (Å²) >= 11 is 9.29. The Balaban J connectivity index is 1.63. The Labute approximate surface area is 176 Å². The summed E-state index contributed by atoms with van der Waals surface area (Å²) in [5.41, 5.74) is 5.58. The first-order valence-corrected chi connectivity index (χ1v) is 9.73. The number of amides is 1. The molecule has 3 aromatic rings. The van der Waals surface area contributed by atoms with E-state index >= 15 is 0 Å². The molecule has 7 heteroatoms. The molecule has 142 valence electrons. The first kappa shape index (κ1) is 20.0. The van der Waals surface area contributed by atoms with Crippen LogP contribution in [0.5, 0.6) is 0 Å². The number of hydrazone groups is 1. The highest BCUT2D eigenvalue weighted by Gasteiger charge is 2.15. The molecule has 0 aliphatic rings. The van der Waals surface area contributed by atoms with Crippen LogP contribution in [0.2, 0.25) is 5.02 Å². The topological polar surface area (TPSA) is 59.3 Å². The second-order valence-corrected chi connectivity index (χ2v) is 7.38. The van der Waals surface area contributed by atoms with Crippen LogP contribution in [0.3, 0.4) is 0 Å². The Morgan fingerprint density at radius 1 is 1.21 bits per heavy atom. The second-order valence-electron chi connectivity index (χ2n) is 6.09. The fraction of sp³-hybridized carbons (Fsp3) is 0.0952. The van der Waals surface area contributed by atoms with Gasteiger partial charge in [0.25, 0.3) is 5.91 Å². The summed E-state index contributed by atoms with van der Waals surface area (Å²) in [6.45, 7) is 2.35. The van der Waals surface area contributed by atoms with Crippen molar-refractivity contribution in [2.75, 3.05) is 0 Å². The van der Waals surface area contributed by atoms with Crippen LogP contribution in [0.1, 0.15) is 28.5 Å². The van der Waals surface area contributed by atoms with Crippen molar-refractivity contribution in [2.24, 2.45) is 5.10 Å². The maximum atomic E-state index is 12.4. The minimum absolute atomic E-state index is 0.276. The van der Waals surface area contributed by atoms with Gasteiger partial charge in [-0.2, -0.15) is 10.2 Å². The van der Waals surface area contributed by atoms with Gasteiger partial charge >= 0.3 is 0 Å². The van der Waals surface area contributed by atoms with E-state index in [1.54, 1.807) is 10.9 Å². The van der Waals surface area contributed by atoms with Gasteiger partial charge in [0.1, 0.15) is 0 Å². The lowest BCUT2D eigenvalue weighted by Gasteiger charge is -2.02. The lowest BCUT2D eigenvalue weighted by atomic mass is 10.2. The second kappa shape index (κ2) is 9.48. The molecule has 0 spiro atoms. The van der Waals surface area contributed by atoms with Gasteiger partial charge < -0.3 is 0 Å². The molecule has 28 heavy (non-hydrogen) atoms. The first-order valence-electron chi connectivity index (χ1n) is 8.56. The van der Waals surface area contributed by atoms with Gasteiger partial charge in [0.05, 0.1) is 16.7 Å². The van der Waals surface area contributed by atoms with E-state index in [9.17, 15) is 4.79 Å². The molecule has 2 aromatic carbocycles. The van der Waals surface area contributed by atoms with Crippen LogP contribution < -0.4 is 5.43 Å². The van der Waals surface area contributed by atoms with E-state index in [-0.39, 0.29) is 11.6 Å². The van der Waals surface area contributed by atoms with Crippen LogP contribution in [0.25, 0.3) is 6.08 Å². The number of hydrogen-bond donors (Lipinski definition) is 1. The summed E-state index contributed by atoms with van der Waals surface area (Å²) in [7, 11) is 0. The van der Waals surface area contributed by atoms with Crippen molar-refractivity contribution in [1.29, 1.82) is 0 Å². The van der Waals surface area contributed by atoms with Crippen LogP contribution >= 0.6 is 27.5 Å². The number of nitrogens with one attached hydrogen (secondary N) is 1. The zero-order valence-electron chi connectivity index (χ0n) is 15.1. The minimum atomic E-state index is -0.380. The van der Waals surface area contributed by atoms with E-state index in [2.05, 4.69) is 31.6 Å². The molecule has 5 nitrogen and oxygen atoms in total. The molecule has 0 radical (unpaired) electrons. The number of nitrogens with zero attached hydrogens (tertiary/aromatic N) is 3. The van der Waals surface area contributed by atoms with Gasteiger partial charge in [-0.25, -0.2) is 5.43 Å². The van der Waals surface area contributed by atoms with Gasteiger partial charge in [-0.05, 0) is 52.2 Å². The largest absolute Gasteiger partial charge is 0.293 e. The summed E-state index contributed by atoms with van der Waals surface area (Å²) in [6, 6.07) is 17.4. The van der Waals surface area contributed by atoms with Crippen molar-refractivity contribution in [3.63, 3.8) is 0 Å². The minimum Gasteiger partial charge on any atom is -0.266 e. The van der Waals surface area contributed by atoms with Gasteiger partial charge in [-0.15, -0.1) is 0 Å². The number of halogens is 2. The molecule has 0 saturated carbocycles. The molecule has 0 fully saturated rings. The summed E-state index contributed by atoms with van der Waals surface area (Å²) in [5, 5.41) is 9.12. The highest BCUT2D eigenvalue weighted by molar-refractivity contribution is 9.10. The van der Waals surface area contributed by atoms with Crippen LogP contribution in [0, 0.1) is 0 Å². The Hall–Kier alpha value is -2.70. The van der Waals surface area contributed by atoms with Crippen LogP contribution in [0.4, 0.5) is 0 Å². The number of hydrogen-bond acceptors (Lipinski definition) is 3. The van der Waals surface area contributed by atoms with E-state index in [1.807, 2.05) is 73.7 Å².